The third-order valence-electron chi connectivity index (χ3n) is 6.76. The SMILES string of the molecule is Cc1n[nH]c(C)c1CNC(=O)C1CCCN(C2CCN(C(=O)C3CC3)CC2)C1. The summed E-state index contributed by atoms with van der Waals surface area (Å²) in [5, 5.41) is 10.3. The first kappa shape index (κ1) is 19.4. The molecule has 2 saturated heterocycles. The molecule has 1 aromatic heterocycles. The molecular weight excluding hydrogens is 354 g/mol. The van der Waals surface area contributed by atoms with Crippen LogP contribution in [0.1, 0.15) is 55.5 Å². The van der Waals surface area contributed by atoms with E-state index in [-0.39, 0.29) is 11.8 Å². The van der Waals surface area contributed by atoms with E-state index in [9.17, 15) is 9.59 Å². The molecule has 1 saturated carbocycles. The normalized spacial score (nSPS) is 24.4. The number of carbonyl (C=O) groups excluding carboxylic acids is 2. The monoisotopic (exact) mass is 387 g/mol. The molecule has 1 aliphatic carbocycles. The fourth-order valence-electron chi connectivity index (χ4n) is 4.75. The van der Waals surface area contributed by atoms with Crippen molar-refractivity contribution < 1.29 is 9.59 Å². The average molecular weight is 388 g/mol. The Kier molecular flexibility index (Phi) is 5.71. The molecule has 1 atom stereocenters. The van der Waals surface area contributed by atoms with E-state index in [2.05, 4.69) is 25.3 Å². The second-order valence-corrected chi connectivity index (χ2v) is 8.80. The zero-order valence-corrected chi connectivity index (χ0v) is 17.2. The summed E-state index contributed by atoms with van der Waals surface area (Å²) in [6.45, 7) is 8.18. The maximum absolute atomic E-state index is 12.7. The third-order valence-corrected chi connectivity index (χ3v) is 6.76. The molecule has 0 aromatic carbocycles. The predicted octanol–water partition coefficient (Wildman–Crippen LogP) is 1.76. The van der Waals surface area contributed by atoms with Gasteiger partial charge in [0.2, 0.25) is 11.8 Å². The Hall–Kier alpha value is -1.89. The van der Waals surface area contributed by atoms with Crippen molar-refractivity contribution in [2.24, 2.45) is 11.8 Å². The van der Waals surface area contributed by atoms with Gasteiger partial charge in [0.25, 0.3) is 0 Å². The first-order valence-corrected chi connectivity index (χ1v) is 10.8. The summed E-state index contributed by atoms with van der Waals surface area (Å²) < 4.78 is 0. The summed E-state index contributed by atoms with van der Waals surface area (Å²) in [5.41, 5.74) is 3.07. The van der Waals surface area contributed by atoms with Crippen LogP contribution in [0.2, 0.25) is 0 Å². The Bertz CT molecular complexity index is 699. The fourth-order valence-corrected chi connectivity index (χ4v) is 4.75. The summed E-state index contributed by atoms with van der Waals surface area (Å²) in [4.78, 5) is 29.6. The molecule has 2 amide bonds. The number of carbonyl (C=O) groups is 2. The molecule has 0 bridgehead atoms. The molecule has 0 radical (unpaired) electrons. The summed E-state index contributed by atoms with van der Waals surface area (Å²) in [6, 6.07) is 0.511. The first-order valence-electron chi connectivity index (χ1n) is 10.8. The number of nitrogens with zero attached hydrogens (tertiary/aromatic N) is 3. The van der Waals surface area contributed by atoms with Crippen molar-refractivity contribution in [3.63, 3.8) is 0 Å². The van der Waals surface area contributed by atoms with Gasteiger partial charge < -0.3 is 10.2 Å². The number of aromatic amines is 1. The summed E-state index contributed by atoms with van der Waals surface area (Å²) in [5.74, 6) is 0.916. The van der Waals surface area contributed by atoms with Gasteiger partial charge in [-0.3, -0.25) is 19.6 Å². The summed E-state index contributed by atoms with van der Waals surface area (Å²) in [6.07, 6.45) is 6.28. The van der Waals surface area contributed by atoms with Gasteiger partial charge in [0.1, 0.15) is 0 Å². The molecule has 4 rings (SSSR count). The molecule has 1 aromatic rings. The zero-order valence-electron chi connectivity index (χ0n) is 17.2. The Labute approximate surface area is 167 Å². The molecule has 7 heteroatoms. The Morgan fingerprint density at radius 1 is 1.07 bits per heavy atom. The maximum Gasteiger partial charge on any atom is 0.225 e. The zero-order chi connectivity index (χ0) is 19.7. The Morgan fingerprint density at radius 3 is 2.46 bits per heavy atom. The number of rotatable bonds is 5. The maximum atomic E-state index is 12.7. The van der Waals surface area contributed by atoms with E-state index in [1.165, 1.54) is 0 Å². The Morgan fingerprint density at radius 2 is 1.82 bits per heavy atom. The highest BCUT2D eigenvalue weighted by atomic mass is 16.2. The van der Waals surface area contributed by atoms with Gasteiger partial charge in [0.15, 0.2) is 0 Å². The van der Waals surface area contributed by atoms with Crippen LogP contribution in [0.25, 0.3) is 0 Å². The lowest BCUT2D eigenvalue weighted by atomic mass is 9.93. The van der Waals surface area contributed by atoms with Gasteiger partial charge in [-0.1, -0.05) is 0 Å². The molecular formula is C21H33N5O2. The first-order chi connectivity index (χ1) is 13.5. The van der Waals surface area contributed by atoms with Crippen molar-refractivity contribution in [1.82, 2.24) is 25.3 Å². The van der Waals surface area contributed by atoms with Crippen molar-refractivity contribution in [1.29, 1.82) is 0 Å². The van der Waals surface area contributed by atoms with Crippen LogP contribution in [-0.2, 0) is 16.1 Å². The quantitative estimate of drug-likeness (QED) is 0.807. The summed E-state index contributed by atoms with van der Waals surface area (Å²) >= 11 is 0. The highest BCUT2D eigenvalue weighted by Gasteiger charge is 2.37. The largest absolute Gasteiger partial charge is 0.352 e. The molecule has 1 unspecified atom stereocenters. The standard InChI is InChI=1S/C21H33N5O2/c1-14-19(15(2)24-23-14)12-22-20(27)17-4-3-9-26(13-17)18-7-10-25(11-8-18)21(28)16-5-6-16/h16-18H,3-13H2,1-2H3,(H,22,27)(H,23,24). The highest BCUT2D eigenvalue weighted by molar-refractivity contribution is 5.81. The average Bonchev–Trinajstić information content (AvgIpc) is 3.52. The number of hydrogen-bond donors (Lipinski definition) is 2. The number of nitrogens with one attached hydrogen (secondary N) is 2. The molecule has 7 nitrogen and oxygen atoms in total. The number of piperidine rings is 2. The number of hydrogen-bond acceptors (Lipinski definition) is 4. The van der Waals surface area contributed by atoms with Crippen molar-refractivity contribution in [3.05, 3.63) is 17.0 Å². The minimum Gasteiger partial charge on any atom is -0.352 e. The lowest BCUT2D eigenvalue weighted by Crippen LogP contribution is -2.51. The van der Waals surface area contributed by atoms with E-state index < -0.39 is 0 Å². The topological polar surface area (TPSA) is 81.3 Å². The van der Waals surface area contributed by atoms with Gasteiger partial charge in [-0.15, -0.1) is 0 Å². The second-order valence-electron chi connectivity index (χ2n) is 8.80. The molecule has 3 aliphatic rings. The molecule has 2 N–H and O–H groups in total. The lowest BCUT2D eigenvalue weighted by molar-refractivity contribution is -0.134. The van der Waals surface area contributed by atoms with E-state index in [0.717, 1.165) is 81.7 Å². The molecule has 3 fully saturated rings. The molecule has 3 heterocycles. The number of likely N-dealkylation sites (tertiary alicyclic amines) is 2. The summed E-state index contributed by atoms with van der Waals surface area (Å²) in [7, 11) is 0. The number of aromatic nitrogens is 2. The molecule has 28 heavy (non-hydrogen) atoms. The van der Waals surface area contributed by atoms with Crippen LogP contribution < -0.4 is 5.32 Å². The second kappa shape index (κ2) is 8.23. The Balaban J connectivity index is 1.26. The van der Waals surface area contributed by atoms with E-state index in [1.807, 2.05) is 13.8 Å². The minimum atomic E-state index is 0.0624. The van der Waals surface area contributed by atoms with Gasteiger partial charge in [-0.25, -0.2) is 0 Å². The van der Waals surface area contributed by atoms with Gasteiger partial charge in [-0.2, -0.15) is 5.10 Å². The van der Waals surface area contributed by atoms with E-state index in [1.54, 1.807) is 0 Å². The van der Waals surface area contributed by atoms with E-state index in [0.29, 0.717) is 24.4 Å². The van der Waals surface area contributed by atoms with Crippen LogP contribution >= 0.6 is 0 Å². The van der Waals surface area contributed by atoms with Crippen molar-refractivity contribution in [3.8, 4) is 0 Å². The van der Waals surface area contributed by atoms with Crippen molar-refractivity contribution in [2.45, 2.75) is 65.0 Å². The van der Waals surface area contributed by atoms with E-state index in [4.69, 9.17) is 0 Å². The van der Waals surface area contributed by atoms with Crippen LogP contribution in [0.4, 0.5) is 0 Å². The predicted molar refractivity (Wildman–Crippen MR) is 107 cm³/mol. The van der Waals surface area contributed by atoms with Gasteiger partial charge in [-0.05, 0) is 58.9 Å². The smallest absolute Gasteiger partial charge is 0.225 e. The van der Waals surface area contributed by atoms with Crippen molar-refractivity contribution in [2.75, 3.05) is 26.2 Å². The van der Waals surface area contributed by atoms with Crippen molar-refractivity contribution >= 4 is 11.8 Å². The van der Waals surface area contributed by atoms with Gasteiger partial charge >= 0.3 is 0 Å². The minimum absolute atomic E-state index is 0.0624. The van der Waals surface area contributed by atoms with E-state index >= 15 is 0 Å². The van der Waals surface area contributed by atoms with Crippen LogP contribution in [0.3, 0.4) is 0 Å². The van der Waals surface area contributed by atoms with Crippen LogP contribution in [0.5, 0.6) is 0 Å². The molecule has 0 spiro atoms. The molecule has 154 valence electrons. The number of H-pyrrole nitrogens is 1. The van der Waals surface area contributed by atoms with Gasteiger partial charge in [0, 0.05) is 49.4 Å². The van der Waals surface area contributed by atoms with Crippen LogP contribution in [0.15, 0.2) is 0 Å². The third kappa shape index (κ3) is 4.24. The van der Waals surface area contributed by atoms with Crippen LogP contribution in [0, 0.1) is 25.7 Å². The lowest BCUT2D eigenvalue weighted by Gasteiger charge is -2.42. The highest BCUT2D eigenvalue weighted by Crippen LogP contribution is 2.32. The number of amides is 2. The van der Waals surface area contributed by atoms with Gasteiger partial charge in [0.05, 0.1) is 11.6 Å². The van der Waals surface area contributed by atoms with Crippen LogP contribution in [-0.4, -0.2) is 64.0 Å². The fraction of sp³-hybridized carbons (Fsp3) is 0.762. The number of aryl methyl sites for hydroxylation is 2. The molecule has 2 aliphatic heterocycles.